The van der Waals surface area contributed by atoms with Crippen molar-refractivity contribution in [3.05, 3.63) is 28.2 Å². The maximum Gasteiger partial charge on any atom is 0.233 e. The van der Waals surface area contributed by atoms with E-state index in [4.69, 9.17) is 27.9 Å². The highest BCUT2D eigenvalue weighted by Crippen LogP contribution is 2.28. The van der Waals surface area contributed by atoms with Crippen LogP contribution in [0.5, 0.6) is 5.75 Å². The van der Waals surface area contributed by atoms with Gasteiger partial charge < -0.3 is 15.4 Å². The number of hydrogen-bond acceptors (Lipinski definition) is 3. The molecule has 0 aromatic heterocycles. The van der Waals surface area contributed by atoms with Crippen LogP contribution in [0.1, 0.15) is 19.3 Å². The van der Waals surface area contributed by atoms with Gasteiger partial charge in [-0.05, 0) is 49.9 Å². The Kier molecular flexibility index (Phi) is 8.95. The number of halogens is 3. The van der Waals surface area contributed by atoms with Gasteiger partial charge >= 0.3 is 0 Å². The molecule has 0 bridgehead atoms. The van der Waals surface area contributed by atoms with Crippen LogP contribution < -0.4 is 15.4 Å². The summed E-state index contributed by atoms with van der Waals surface area (Å²) in [6.07, 6.45) is 3.31. The lowest BCUT2D eigenvalue weighted by molar-refractivity contribution is -0.120. The molecule has 124 valence electrons. The van der Waals surface area contributed by atoms with Crippen molar-refractivity contribution in [2.24, 2.45) is 5.92 Å². The van der Waals surface area contributed by atoms with Crippen LogP contribution >= 0.6 is 35.6 Å². The first-order chi connectivity index (χ1) is 10.1. The molecule has 0 saturated heterocycles. The van der Waals surface area contributed by atoms with Gasteiger partial charge in [0.05, 0.1) is 18.2 Å². The summed E-state index contributed by atoms with van der Waals surface area (Å²) >= 11 is 11.8. The second kappa shape index (κ2) is 10.2. The number of amides is 1. The zero-order valence-electron chi connectivity index (χ0n) is 12.2. The minimum atomic E-state index is 0. The van der Waals surface area contributed by atoms with E-state index < -0.39 is 0 Å². The molecule has 1 aromatic carbocycles. The largest absolute Gasteiger partial charge is 0.492 e. The third-order valence-corrected chi connectivity index (χ3v) is 3.74. The molecule has 4 nitrogen and oxygen atoms in total. The Balaban J connectivity index is 0.00000242. The van der Waals surface area contributed by atoms with Gasteiger partial charge in [0, 0.05) is 11.6 Å². The zero-order chi connectivity index (χ0) is 15.1. The van der Waals surface area contributed by atoms with Gasteiger partial charge in [0.15, 0.2) is 0 Å². The van der Waals surface area contributed by atoms with E-state index in [-0.39, 0.29) is 18.3 Å². The molecule has 22 heavy (non-hydrogen) atoms. The summed E-state index contributed by atoms with van der Waals surface area (Å²) < 4.78 is 5.54. The number of carbonyl (C=O) groups excluding carboxylic acids is 1. The molecule has 0 heterocycles. The number of hydrogen-bond donors (Lipinski definition) is 2. The third kappa shape index (κ3) is 7.54. The summed E-state index contributed by atoms with van der Waals surface area (Å²) in [4.78, 5) is 11.5. The second-order valence-electron chi connectivity index (χ2n) is 5.20. The van der Waals surface area contributed by atoms with E-state index in [0.717, 1.165) is 18.9 Å². The molecule has 1 aliphatic rings. The van der Waals surface area contributed by atoms with Crippen LogP contribution in [-0.4, -0.2) is 32.1 Å². The van der Waals surface area contributed by atoms with Gasteiger partial charge in [-0.15, -0.1) is 12.4 Å². The van der Waals surface area contributed by atoms with Crippen molar-refractivity contribution in [2.45, 2.75) is 19.3 Å². The Labute approximate surface area is 147 Å². The van der Waals surface area contributed by atoms with Crippen LogP contribution in [0.4, 0.5) is 0 Å². The average Bonchev–Trinajstić information content (AvgIpc) is 3.25. The van der Waals surface area contributed by atoms with Crippen molar-refractivity contribution in [3.8, 4) is 5.75 Å². The zero-order valence-corrected chi connectivity index (χ0v) is 14.6. The van der Waals surface area contributed by atoms with Crippen molar-refractivity contribution < 1.29 is 9.53 Å². The number of ether oxygens (including phenoxy) is 1. The quantitative estimate of drug-likeness (QED) is 0.658. The fourth-order valence-corrected chi connectivity index (χ4v) is 2.31. The van der Waals surface area contributed by atoms with Crippen molar-refractivity contribution in [1.82, 2.24) is 10.6 Å². The summed E-state index contributed by atoms with van der Waals surface area (Å²) in [5.74, 6) is 1.42. The van der Waals surface area contributed by atoms with E-state index in [9.17, 15) is 4.79 Å². The van der Waals surface area contributed by atoms with Crippen molar-refractivity contribution in [3.63, 3.8) is 0 Å². The van der Waals surface area contributed by atoms with Gasteiger partial charge in [0.25, 0.3) is 0 Å². The molecular weight excluding hydrogens is 347 g/mol. The Morgan fingerprint density at radius 2 is 2.09 bits per heavy atom. The summed E-state index contributed by atoms with van der Waals surface area (Å²) in [5, 5.41) is 7.08. The lowest BCUT2D eigenvalue weighted by Gasteiger charge is -2.09. The van der Waals surface area contributed by atoms with Crippen LogP contribution in [-0.2, 0) is 4.79 Å². The first kappa shape index (κ1) is 19.4. The fraction of sp³-hybridized carbons (Fsp3) is 0.533. The van der Waals surface area contributed by atoms with E-state index in [1.807, 2.05) is 0 Å². The van der Waals surface area contributed by atoms with Gasteiger partial charge in [-0.25, -0.2) is 0 Å². The summed E-state index contributed by atoms with van der Waals surface area (Å²) in [7, 11) is 0. The first-order valence-corrected chi connectivity index (χ1v) is 7.96. The van der Waals surface area contributed by atoms with Crippen molar-refractivity contribution in [1.29, 1.82) is 0 Å². The molecule has 0 unspecified atom stereocenters. The van der Waals surface area contributed by atoms with Gasteiger partial charge in [-0.3, -0.25) is 4.79 Å². The normalized spacial score (nSPS) is 13.4. The summed E-state index contributed by atoms with van der Waals surface area (Å²) in [6, 6.07) is 5.12. The minimum absolute atomic E-state index is 0. The fourth-order valence-electron chi connectivity index (χ4n) is 1.85. The van der Waals surface area contributed by atoms with Crippen molar-refractivity contribution in [2.75, 3.05) is 26.2 Å². The average molecular weight is 368 g/mol. The molecule has 1 saturated carbocycles. The highest BCUT2D eigenvalue weighted by Gasteiger charge is 2.20. The van der Waals surface area contributed by atoms with Crippen molar-refractivity contribution >= 4 is 41.5 Å². The van der Waals surface area contributed by atoms with Gasteiger partial charge in [0.1, 0.15) is 5.75 Å². The predicted molar refractivity (Wildman–Crippen MR) is 92.4 cm³/mol. The SMILES string of the molecule is Cl.O=C(CNCC1CC1)NCCCOc1ccc(Cl)cc1Cl. The van der Waals surface area contributed by atoms with E-state index >= 15 is 0 Å². The van der Waals surface area contributed by atoms with Crippen LogP contribution in [0.2, 0.25) is 10.0 Å². The summed E-state index contributed by atoms with van der Waals surface area (Å²) in [6.45, 7) is 2.43. The van der Waals surface area contributed by atoms with Crippen LogP contribution in [0.15, 0.2) is 18.2 Å². The number of rotatable bonds is 9. The molecule has 2 N–H and O–H groups in total. The van der Waals surface area contributed by atoms with Crippen LogP contribution in [0.25, 0.3) is 0 Å². The minimum Gasteiger partial charge on any atom is -0.492 e. The maximum absolute atomic E-state index is 11.5. The highest BCUT2D eigenvalue weighted by molar-refractivity contribution is 6.35. The Morgan fingerprint density at radius 3 is 2.77 bits per heavy atom. The topological polar surface area (TPSA) is 50.4 Å². The van der Waals surface area contributed by atoms with Crippen LogP contribution in [0.3, 0.4) is 0 Å². The van der Waals surface area contributed by atoms with E-state index in [1.165, 1.54) is 12.8 Å². The lowest BCUT2D eigenvalue weighted by atomic mass is 10.3. The third-order valence-electron chi connectivity index (χ3n) is 3.21. The molecule has 0 aliphatic heterocycles. The predicted octanol–water partition coefficient (Wildman–Crippen LogP) is 3.30. The van der Waals surface area contributed by atoms with Gasteiger partial charge in [-0.2, -0.15) is 0 Å². The molecular formula is C15H21Cl3N2O2. The molecule has 1 amide bonds. The lowest BCUT2D eigenvalue weighted by Crippen LogP contribution is -2.35. The highest BCUT2D eigenvalue weighted by atomic mass is 35.5. The first-order valence-electron chi connectivity index (χ1n) is 7.20. The van der Waals surface area contributed by atoms with E-state index in [2.05, 4.69) is 10.6 Å². The smallest absolute Gasteiger partial charge is 0.233 e. The molecule has 1 fully saturated rings. The monoisotopic (exact) mass is 366 g/mol. The maximum atomic E-state index is 11.5. The molecule has 7 heteroatoms. The number of nitrogens with one attached hydrogen (secondary N) is 2. The molecule has 0 spiro atoms. The molecule has 0 atom stereocenters. The number of benzene rings is 1. The van der Waals surface area contributed by atoms with E-state index in [1.54, 1.807) is 18.2 Å². The molecule has 0 radical (unpaired) electrons. The molecule has 1 aliphatic carbocycles. The molecule has 2 rings (SSSR count). The Hall–Kier alpha value is -0.680. The molecule has 1 aromatic rings. The second-order valence-corrected chi connectivity index (χ2v) is 6.04. The van der Waals surface area contributed by atoms with E-state index in [0.29, 0.717) is 35.5 Å². The Bertz CT molecular complexity index is 482. The van der Waals surface area contributed by atoms with Gasteiger partial charge in [-0.1, -0.05) is 23.2 Å². The summed E-state index contributed by atoms with van der Waals surface area (Å²) in [5.41, 5.74) is 0. The van der Waals surface area contributed by atoms with Gasteiger partial charge in [0.2, 0.25) is 5.91 Å². The Morgan fingerprint density at radius 1 is 1.32 bits per heavy atom. The standard InChI is InChI=1S/C15H20Cl2N2O2.ClH/c16-12-4-5-14(13(17)8-12)21-7-1-6-19-15(20)10-18-9-11-2-3-11;/h4-5,8,11,18H,1-3,6-7,9-10H2,(H,19,20);1H. The van der Waals surface area contributed by atoms with Crippen LogP contribution in [0, 0.1) is 5.92 Å². The number of carbonyl (C=O) groups is 1.